The van der Waals surface area contributed by atoms with Crippen LogP contribution in [0.15, 0.2) is 36.4 Å². The number of benzene rings is 2. The quantitative estimate of drug-likeness (QED) is 0.861. The zero-order chi connectivity index (χ0) is 17.0. The molecule has 0 aromatic heterocycles. The van der Waals surface area contributed by atoms with Gasteiger partial charge < -0.3 is 5.32 Å². The lowest BCUT2D eigenvalue weighted by molar-refractivity contribution is -0.117. The fourth-order valence-corrected chi connectivity index (χ4v) is 2.49. The van der Waals surface area contributed by atoms with Crippen molar-refractivity contribution in [3.8, 4) is 0 Å². The molecule has 0 saturated carbocycles. The summed E-state index contributed by atoms with van der Waals surface area (Å²) in [6, 6.07) is 7.98. The summed E-state index contributed by atoms with van der Waals surface area (Å²) in [4.78, 5) is 13.6. The van der Waals surface area contributed by atoms with Crippen molar-refractivity contribution in [2.24, 2.45) is 0 Å². The molecule has 7 heteroatoms. The van der Waals surface area contributed by atoms with E-state index in [2.05, 4.69) is 5.32 Å². The van der Waals surface area contributed by atoms with Crippen molar-refractivity contribution in [1.82, 2.24) is 4.90 Å². The van der Waals surface area contributed by atoms with Gasteiger partial charge in [0, 0.05) is 22.7 Å². The minimum atomic E-state index is -0.692. The average molecular weight is 359 g/mol. The van der Waals surface area contributed by atoms with Crippen LogP contribution in [0.1, 0.15) is 5.56 Å². The maximum absolute atomic E-state index is 13.5. The van der Waals surface area contributed by atoms with Gasteiger partial charge in [0.15, 0.2) is 0 Å². The molecule has 122 valence electrons. The second-order valence-electron chi connectivity index (χ2n) is 5.08. The average Bonchev–Trinajstić information content (AvgIpc) is 2.46. The minimum Gasteiger partial charge on any atom is -0.322 e. The Hall–Kier alpha value is -1.69. The first-order chi connectivity index (χ1) is 10.8. The number of carbonyl (C=O) groups excluding carboxylic acids is 1. The van der Waals surface area contributed by atoms with Crippen LogP contribution in [-0.4, -0.2) is 24.4 Å². The maximum Gasteiger partial charge on any atom is 0.238 e. The Labute approximate surface area is 142 Å². The summed E-state index contributed by atoms with van der Waals surface area (Å²) in [5.41, 5.74) is 0.622. The molecule has 0 radical (unpaired) electrons. The Balaban J connectivity index is 1.95. The van der Waals surface area contributed by atoms with Gasteiger partial charge in [-0.1, -0.05) is 29.3 Å². The number of anilines is 1. The molecular formula is C16H14Cl2F2N2O. The number of halogens is 4. The molecule has 0 fully saturated rings. The molecule has 0 bridgehead atoms. The highest BCUT2D eigenvalue weighted by Crippen LogP contribution is 2.22. The number of amides is 1. The number of hydrogen-bond acceptors (Lipinski definition) is 2. The van der Waals surface area contributed by atoms with E-state index in [1.165, 1.54) is 0 Å². The van der Waals surface area contributed by atoms with Gasteiger partial charge in [-0.25, -0.2) is 8.78 Å². The second-order valence-corrected chi connectivity index (χ2v) is 5.92. The van der Waals surface area contributed by atoms with E-state index in [4.69, 9.17) is 23.2 Å². The van der Waals surface area contributed by atoms with Crippen molar-refractivity contribution >= 4 is 34.8 Å². The third-order valence-corrected chi connectivity index (χ3v) is 3.66. The summed E-state index contributed by atoms with van der Waals surface area (Å²) in [5, 5.41) is 3.37. The minimum absolute atomic E-state index is 0.00505. The molecule has 0 saturated heterocycles. The SMILES string of the molecule is CN(CC(=O)Nc1cc(F)ccc1F)Cc1ccc(Cl)cc1Cl. The fraction of sp³-hybridized carbons (Fsp3) is 0.188. The Morgan fingerprint density at radius 3 is 2.61 bits per heavy atom. The van der Waals surface area contributed by atoms with Crippen LogP contribution in [-0.2, 0) is 11.3 Å². The third kappa shape index (κ3) is 5.16. The van der Waals surface area contributed by atoms with Crippen LogP contribution in [0.2, 0.25) is 10.0 Å². The molecule has 2 aromatic carbocycles. The highest BCUT2D eigenvalue weighted by Gasteiger charge is 2.12. The zero-order valence-electron chi connectivity index (χ0n) is 12.2. The lowest BCUT2D eigenvalue weighted by atomic mass is 10.2. The largest absolute Gasteiger partial charge is 0.322 e. The van der Waals surface area contributed by atoms with Crippen molar-refractivity contribution in [3.05, 3.63) is 63.6 Å². The van der Waals surface area contributed by atoms with Gasteiger partial charge >= 0.3 is 0 Å². The molecule has 0 spiro atoms. The summed E-state index contributed by atoms with van der Waals surface area (Å²) in [7, 11) is 1.71. The number of nitrogens with zero attached hydrogens (tertiary/aromatic N) is 1. The van der Waals surface area contributed by atoms with E-state index in [9.17, 15) is 13.6 Å². The first kappa shape index (κ1) is 17.7. The van der Waals surface area contributed by atoms with Gasteiger partial charge in [-0.15, -0.1) is 0 Å². The van der Waals surface area contributed by atoms with Crippen molar-refractivity contribution in [3.63, 3.8) is 0 Å². The van der Waals surface area contributed by atoms with Gasteiger partial charge in [0.2, 0.25) is 5.91 Å². The summed E-state index contributed by atoms with van der Waals surface area (Å²) < 4.78 is 26.6. The van der Waals surface area contributed by atoms with E-state index in [1.54, 1.807) is 30.1 Å². The van der Waals surface area contributed by atoms with Gasteiger partial charge in [-0.3, -0.25) is 9.69 Å². The number of rotatable bonds is 5. The molecule has 2 rings (SSSR count). The lowest BCUT2D eigenvalue weighted by Crippen LogP contribution is -2.30. The van der Waals surface area contributed by atoms with Crippen LogP contribution < -0.4 is 5.32 Å². The van der Waals surface area contributed by atoms with Crippen molar-refractivity contribution < 1.29 is 13.6 Å². The van der Waals surface area contributed by atoms with Gasteiger partial charge in [-0.05, 0) is 36.9 Å². The maximum atomic E-state index is 13.5. The van der Waals surface area contributed by atoms with Crippen molar-refractivity contribution in [2.45, 2.75) is 6.54 Å². The van der Waals surface area contributed by atoms with E-state index >= 15 is 0 Å². The topological polar surface area (TPSA) is 32.3 Å². The van der Waals surface area contributed by atoms with Crippen LogP contribution in [0, 0.1) is 11.6 Å². The van der Waals surface area contributed by atoms with Crippen molar-refractivity contribution in [1.29, 1.82) is 0 Å². The molecule has 1 amide bonds. The summed E-state index contributed by atoms with van der Waals surface area (Å²) in [6.07, 6.45) is 0. The van der Waals surface area contributed by atoms with Crippen molar-refractivity contribution in [2.75, 3.05) is 18.9 Å². The normalized spacial score (nSPS) is 10.9. The zero-order valence-corrected chi connectivity index (χ0v) is 13.8. The second kappa shape index (κ2) is 7.73. The molecule has 2 aromatic rings. The third-order valence-electron chi connectivity index (χ3n) is 3.07. The summed E-state index contributed by atoms with van der Waals surface area (Å²) in [6.45, 7) is 0.407. The van der Waals surface area contributed by atoms with Gasteiger partial charge in [-0.2, -0.15) is 0 Å². The van der Waals surface area contributed by atoms with Crippen LogP contribution in [0.3, 0.4) is 0 Å². The number of hydrogen-bond donors (Lipinski definition) is 1. The molecule has 0 aliphatic rings. The molecule has 0 atom stereocenters. The standard InChI is InChI=1S/C16H14Cl2F2N2O/c1-22(8-10-2-3-11(17)6-13(10)18)9-16(23)21-15-7-12(19)4-5-14(15)20/h2-7H,8-9H2,1H3,(H,21,23). The molecule has 0 aliphatic heterocycles. The van der Waals surface area contributed by atoms with E-state index in [0.717, 1.165) is 23.8 Å². The Morgan fingerprint density at radius 2 is 1.91 bits per heavy atom. The fourth-order valence-electron chi connectivity index (χ4n) is 2.02. The molecule has 3 nitrogen and oxygen atoms in total. The van der Waals surface area contributed by atoms with Gasteiger partial charge in [0.1, 0.15) is 11.6 Å². The molecule has 23 heavy (non-hydrogen) atoms. The smallest absolute Gasteiger partial charge is 0.238 e. The lowest BCUT2D eigenvalue weighted by Gasteiger charge is -2.17. The predicted octanol–water partition coefficient (Wildman–Crippen LogP) is 4.34. The number of carbonyl (C=O) groups is 1. The molecule has 0 aliphatic carbocycles. The molecular weight excluding hydrogens is 345 g/mol. The first-order valence-corrected chi connectivity index (χ1v) is 7.48. The van der Waals surface area contributed by atoms with Crippen LogP contribution in [0.25, 0.3) is 0 Å². The highest BCUT2D eigenvalue weighted by atomic mass is 35.5. The highest BCUT2D eigenvalue weighted by molar-refractivity contribution is 6.35. The molecule has 1 N–H and O–H groups in total. The van der Waals surface area contributed by atoms with Gasteiger partial charge in [0.25, 0.3) is 0 Å². The van der Waals surface area contributed by atoms with E-state index in [1.807, 2.05) is 0 Å². The number of likely N-dealkylation sites (N-methyl/N-ethyl adjacent to an activating group) is 1. The monoisotopic (exact) mass is 358 g/mol. The molecule has 0 heterocycles. The Bertz CT molecular complexity index is 725. The summed E-state index contributed by atoms with van der Waals surface area (Å²) >= 11 is 11.9. The Kier molecular flexibility index (Phi) is 5.93. The first-order valence-electron chi connectivity index (χ1n) is 6.72. The van der Waals surface area contributed by atoms with E-state index in [0.29, 0.717) is 16.6 Å². The summed E-state index contributed by atoms with van der Waals surface area (Å²) in [5.74, 6) is -1.77. The number of nitrogens with one attached hydrogen (secondary N) is 1. The Morgan fingerprint density at radius 1 is 1.17 bits per heavy atom. The van der Waals surface area contributed by atoms with Crippen LogP contribution in [0.5, 0.6) is 0 Å². The predicted molar refractivity (Wildman–Crippen MR) is 87.8 cm³/mol. The van der Waals surface area contributed by atoms with Crippen LogP contribution >= 0.6 is 23.2 Å². The van der Waals surface area contributed by atoms with E-state index < -0.39 is 17.5 Å². The van der Waals surface area contributed by atoms with Crippen LogP contribution in [0.4, 0.5) is 14.5 Å². The van der Waals surface area contributed by atoms with Gasteiger partial charge in [0.05, 0.1) is 12.2 Å². The molecule has 0 unspecified atom stereocenters. The van der Waals surface area contributed by atoms with E-state index in [-0.39, 0.29) is 12.2 Å².